The predicted molar refractivity (Wildman–Crippen MR) is 114 cm³/mol. The zero-order chi connectivity index (χ0) is 19.2. The maximum Gasteiger partial charge on any atom is 0.224 e. The molecule has 144 valence electrons. The molecule has 1 fully saturated rings. The SMILES string of the molecule is CCc1cccc(C)c1NCCC(=O)N1CCN(c2cccc(Cl)c2)CC1. The molecule has 0 bridgehead atoms. The number of para-hydroxylation sites is 1. The fourth-order valence-electron chi connectivity index (χ4n) is 3.62. The van der Waals surface area contributed by atoms with Crippen LogP contribution in [0.2, 0.25) is 5.02 Å². The Hall–Kier alpha value is -2.20. The molecule has 1 heterocycles. The summed E-state index contributed by atoms with van der Waals surface area (Å²) >= 11 is 6.09. The van der Waals surface area contributed by atoms with E-state index in [1.54, 1.807) is 0 Å². The third-order valence-corrected chi connectivity index (χ3v) is 5.42. The summed E-state index contributed by atoms with van der Waals surface area (Å²) in [5, 5.41) is 4.22. The second-order valence-electron chi connectivity index (χ2n) is 6.99. The van der Waals surface area contributed by atoms with E-state index in [1.807, 2.05) is 23.1 Å². The number of hydrogen-bond acceptors (Lipinski definition) is 3. The van der Waals surface area contributed by atoms with Crippen LogP contribution >= 0.6 is 11.6 Å². The largest absolute Gasteiger partial charge is 0.384 e. The van der Waals surface area contributed by atoms with Crippen LogP contribution in [0, 0.1) is 6.92 Å². The topological polar surface area (TPSA) is 35.6 Å². The van der Waals surface area contributed by atoms with Gasteiger partial charge in [0.1, 0.15) is 0 Å². The zero-order valence-corrected chi connectivity index (χ0v) is 16.9. The van der Waals surface area contributed by atoms with Gasteiger partial charge in [0.25, 0.3) is 0 Å². The molecular weight excluding hydrogens is 358 g/mol. The molecule has 2 aromatic carbocycles. The van der Waals surface area contributed by atoms with Gasteiger partial charge in [-0.05, 0) is 42.7 Å². The van der Waals surface area contributed by atoms with E-state index in [4.69, 9.17) is 11.6 Å². The first-order valence-corrected chi connectivity index (χ1v) is 10.1. The summed E-state index contributed by atoms with van der Waals surface area (Å²) < 4.78 is 0. The summed E-state index contributed by atoms with van der Waals surface area (Å²) in [5.41, 5.74) is 4.84. The molecule has 1 aliphatic heterocycles. The van der Waals surface area contributed by atoms with Crippen LogP contribution in [0.4, 0.5) is 11.4 Å². The lowest BCUT2D eigenvalue weighted by atomic mass is 10.1. The molecule has 0 radical (unpaired) electrons. The number of rotatable bonds is 6. The number of piperazine rings is 1. The van der Waals surface area contributed by atoms with Gasteiger partial charge in [0.2, 0.25) is 5.91 Å². The zero-order valence-electron chi connectivity index (χ0n) is 16.2. The first-order valence-electron chi connectivity index (χ1n) is 9.69. The number of amides is 1. The number of nitrogens with zero attached hydrogens (tertiary/aromatic N) is 2. The van der Waals surface area contributed by atoms with Gasteiger partial charge >= 0.3 is 0 Å². The van der Waals surface area contributed by atoms with E-state index in [9.17, 15) is 4.79 Å². The number of carbonyl (C=O) groups excluding carboxylic acids is 1. The van der Waals surface area contributed by atoms with Crippen molar-refractivity contribution in [2.24, 2.45) is 0 Å². The molecule has 0 aliphatic carbocycles. The Balaban J connectivity index is 1.48. The number of hydrogen-bond donors (Lipinski definition) is 1. The molecule has 1 amide bonds. The molecule has 1 aliphatic rings. The molecule has 5 heteroatoms. The third kappa shape index (κ3) is 4.95. The first-order chi connectivity index (χ1) is 13.1. The van der Waals surface area contributed by atoms with E-state index in [0.717, 1.165) is 43.3 Å². The van der Waals surface area contributed by atoms with Crippen molar-refractivity contribution >= 4 is 28.9 Å². The average Bonchev–Trinajstić information content (AvgIpc) is 2.69. The highest BCUT2D eigenvalue weighted by Crippen LogP contribution is 2.22. The monoisotopic (exact) mass is 385 g/mol. The number of benzene rings is 2. The van der Waals surface area contributed by atoms with Gasteiger partial charge in [-0.25, -0.2) is 0 Å². The van der Waals surface area contributed by atoms with Gasteiger partial charge in [0.15, 0.2) is 0 Å². The second kappa shape index (κ2) is 9.14. The Morgan fingerprint density at radius 2 is 1.85 bits per heavy atom. The molecule has 0 atom stereocenters. The average molecular weight is 386 g/mol. The molecular formula is C22H28ClN3O. The minimum absolute atomic E-state index is 0.222. The molecule has 1 N–H and O–H groups in total. The third-order valence-electron chi connectivity index (χ3n) is 5.19. The van der Waals surface area contributed by atoms with Crippen molar-refractivity contribution in [3.8, 4) is 0 Å². The van der Waals surface area contributed by atoms with Gasteiger partial charge in [-0.15, -0.1) is 0 Å². The second-order valence-corrected chi connectivity index (χ2v) is 7.42. The van der Waals surface area contributed by atoms with Crippen LogP contribution in [0.5, 0.6) is 0 Å². The molecule has 0 saturated carbocycles. The maximum atomic E-state index is 12.6. The highest BCUT2D eigenvalue weighted by atomic mass is 35.5. The van der Waals surface area contributed by atoms with Crippen molar-refractivity contribution in [2.45, 2.75) is 26.7 Å². The maximum absolute atomic E-state index is 12.6. The lowest BCUT2D eigenvalue weighted by Gasteiger charge is -2.36. The van der Waals surface area contributed by atoms with Crippen LogP contribution in [-0.2, 0) is 11.2 Å². The van der Waals surface area contributed by atoms with E-state index in [0.29, 0.717) is 13.0 Å². The predicted octanol–water partition coefficient (Wildman–Crippen LogP) is 4.36. The summed E-state index contributed by atoms with van der Waals surface area (Å²) in [5.74, 6) is 0.222. The summed E-state index contributed by atoms with van der Waals surface area (Å²) in [6.45, 7) is 8.15. The molecule has 2 aromatic rings. The van der Waals surface area contributed by atoms with Gasteiger partial charge in [0, 0.05) is 55.5 Å². The minimum Gasteiger partial charge on any atom is -0.384 e. The first kappa shape index (κ1) is 19.6. The van der Waals surface area contributed by atoms with Gasteiger partial charge in [-0.3, -0.25) is 4.79 Å². The summed E-state index contributed by atoms with van der Waals surface area (Å²) in [4.78, 5) is 16.8. The van der Waals surface area contributed by atoms with Gasteiger partial charge in [-0.1, -0.05) is 42.8 Å². The van der Waals surface area contributed by atoms with Crippen molar-refractivity contribution in [1.82, 2.24) is 4.90 Å². The van der Waals surface area contributed by atoms with E-state index in [-0.39, 0.29) is 5.91 Å². The highest BCUT2D eigenvalue weighted by molar-refractivity contribution is 6.30. The summed E-state index contributed by atoms with van der Waals surface area (Å²) in [6.07, 6.45) is 1.51. The summed E-state index contributed by atoms with van der Waals surface area (Å²) in [7, 11) is 0. The van der Waals surface area contributed by atoms with Crippen LogP contribution < -0.4 is 10.2 Å². The molecule has 4 nitrogen and oxygen atoms in total. The Bertz CT molecular complexity index is 785. The van der Waals surface area contributed by atoms with Crippen molar-refractivity contribution in [2.75, 3.05) is 42.9 Å². The Morgan fingerprint density at radius 1 is 1.11 bits per heavy atom. The molecule has 0 aromatic heterocycles. The molecule has 0 unspecified atom stereocenters. The number of nitrogens with one attached hydrogen (secondary N) is 1. The Morgan fingerprint density at radius 3 is 2.56 bits per heavy atom. The smallest absolute Gasteiger partial charge is 0.224 e. The van der Waals surface area contributed by atoms with Crippen molar-refractivity contribution < 1.29 is 4.79 Å². The van der Waals surface area contributed by atoms with E-state index >= 15 is 0 Å². The van der Waals surface area contributed by atoms with Crippen molar-refractivity contribution in [1.29, 1.82) is 0 Å². The fourth-order valence-corrected chi connectivity index (χ4v) is 3.80. The van der Waals surface area contributed by atoms with Crippen LogP contribution in [0.15, 0.2) is 42.5 Å². The van der Waals surface area contributed by atoms with Gasteiger partial charge in [-0.2, -0.15) is 0 Å². The quantitative estimate of drug-likeness (QED) is 0.802. The molecule has 0 spiro atoms. The molecule has 3 rings (SSSR count). The Kier molecular flexibility index (Phi) is 6.62. The fraction of sp³-hybridized carbons (Fsp3) is 0.409. The molecule has 1 saturated heterocycles. The van der Waals surface area contributed by atoms with Gasteiger partial charge < -0.3 is 15.1 Å². The number of aryl methyl sites for hydroxylation is 2. The van der Waals surface area contributed by atoms with E-state index < -0.39 is 0 Å². The normalized spacial score (nSPS) is 14.3. The van der Waals surface area contributed by atoms with Crippen molar-refractivity contribution in [3.05, 3.63) is 58.6 Å². The van der Waals surface area contributed by atoms with Crippen molar-refractivity contribution in [3.63, 3.8) is 0 Å². The number of carbonyl (C=O) groups is 1. The highest BCUT2D eigenvalue weighted by Gasteiger charge is 2.21. The van der Waals surface area contributed by atoms with E-state index in [1.165, 1.54) is 16.8 Å². The van der Waals surface area contributed by atoms with Crippen LogP contribution in [-0.4, -0.2) is 43.5 Å². The minimum atomic E-state index is 0.222. The lowest BCUT2D eigenvalue weighted by molar-refractivity contribution is -0.131. The van der Waals surface area contributed by atoms with Crippen LogP contribution in [0.1, 0.15) is 24.5 Å². The van der Waals surface area contributed by atoms with Gasteiger partial charge in [0.05, 0.1) is 0 Å². The van der Waals surface area contributed by atoms with Crippen LogP contribution in [0.3, 0.4) is 0 Å². The molecule has 27 heavy (non-hydrogen) atoms. The lowest BCUT2D eigenvalue weighted by Crippen LogP contribution is -2.49. The number of anilines is 2. The number of halogens is 1. The Labute approximate surface area is 167 Å². The van der Waals surface area contributed by atoms with E-state index in [2.05, 4.69) is 48.3 Å². The standard InChI is InChI=1S/C22H28ClN3O/c1-3-18-7-4-6-17(2)22(18)24-11-10-21(27)26-14-12-25(13-15-26)20-9-5-8-19(23)16-20/h4-9,16,24H,3,10-15H2,1-2H3. The summed E-state index contributed by atoms with van der Waals surface area (Å²) in [6, 6.07) is 14.2. The van der Waals surface area contributed by atoms with Crippen LogP contribution in [0.25, 0.3) is 0 Å².